The standard InChI is InChI=1S/C47H62Cl2N4O6/c1-29(2)37(40(55)52-24-22-46(58,43(5,6)27-52)32-14-18-35(48)19-15-32)50-39(54)31-12-11-13-34(26-31)45(9,10)42(57)51-38(30(3)4)41(56)53-25-23-47(59,44(7,8)28-53)33-16-20-36(49)21-17-33/h11-21,26,29-30,37-38,58-59H,22-25,27-28H2,1-10H3,(H,50,54)(H,51,57)/t37-,38-,46+,47+/m1/s1. The Balaban J connectivity index is 1.26. The van der Waals surface area contributed by atoms with E-state index in [-0.39, 0.29) is 48.2 Å². The number of aliphatic hydroxyl groups is 2. The van der Waals surface area contributed by atoms with E-state index < -0.39 is 45.4 Å². The van der Waals surface area contributed by atoms with Crippen LogP contribution in [0.5, 0.6) is 0 Å². The van der Waals surface area contributed by atoms with Crippen molar-refractivity contribution in [3.8, 4) is 0 Å². The Kier molecular flexibility index (Phi) is 13.4. The van der Waals surface area contributed by atoms with Gasteiger partial charge in [0.2, 0.25) is 17.7 Å². The summed E-state index contributed by atoms with van der Waals surface area (Å²) in [5.74, 6) is -1.75. The molecule has 2 aliphatic rings. The molecule has 0 bridgehead atoms. The molecule has 4 amide bonds. The Bertz CT molecular complexity index is 2030. The molecule has 2 fully saturated rings. The van der Waals surface area contributed by atoms with E-state index in [1.165, 1.54) is 0 Å². The van der Waals surface area contributed by atoms with Crippen molar-refractivity contribution in [1.29, 1.82) is 0 Å². The Morgan fingerprint density at radius 2 is 1.07 bits per heavy atom. The second-order valence-corrected chi connectivity index (χ2v) is 20.0. The van der Waals surface area contributed by atoms with Gasteiger partial charge in [0.1, 0.15) is 12.1 Å². The number of benzene rings is 3. The molecule has 4 N–H and O–H groups in total. The van der Waals surface area contributed by atoms with Crippen molar-refractivity contribution < 1.29 is 29.4 Å². The fourth-order valence-corrected chi connectivity index (χ4v) is 8.94. The molecule has 2 aliphatic heterocycles. The van der Waals surface area contributed by atoms with Crippen LogP contribution in [0.4, 0.5) is 0 Å². The molecule has 320 valence electrons. The molecular formula is C47H62Cl2N4O6. The number of carbonyl (C=O) groups is 4. The number of piperidine rings is 2. The maximum absolute atomic E-state index is 14.1. The number of hydrogen-bond acceptors (Lipinski definition) is 6. The lowest BCUT2D eigenvalue weighted by Gasteiger charge is -2.51. The fraction of sp³-hybridized carbons (Fsp3) is 0.532. The van der Waals surface area contributed by atoms with Gasteiger partial charge in [-0.1, -0.05) is 115 Å². The van der Waals surface area contributed by atoms with Gasteiger partial charge in [-0.25, -0.2) is 0 Å². The highest BCUT2D eigenvalue weighted by molar-refractivity contribution is 6.30. The van der Waals surface area contributed by atoms with E-state index in [9.17, 15) is 29.4 Å². The van der Waals surface area contributed by atoms with Gasteiger partial charge >= 0.3 is 0 Å². The Hall–Kier alpha value is -3.96. The predicted molar refractivity (Wildman–Crippen MR) is 233 cm³/mol. The molecule has 5 rings (SSSR count). The van der Waals surface area contributed by atoms with Crippen LogP contribution in [-0.4, -0.2) is 81.9 Å². The van der Waals surface area contributed by atoms with Crippen LogP contribution in [0.15, 0.2) is 72.8 Å². The predicted octanol–water partition coefficient (Wildman–Crippen LogP) is 7.46. The molecule has 0 spiro atoms. The van der Waals surface area contributed by atoms with Crippen molar-refractivity contribution in [3.05, 3.63) is 105 Å². The van der Waals surface area contributed by atoms with Crippen LogP contribution in [0, 0.1) is 22.7 Å². The maximum atomic E-state index is 14.1. The van der Waals surface area contributed by atoms with Gasteiger partial charge in [0.05, 0.1) is 16.6 Å². The number of rotatable bonds is 11. The highest BCUT2D eigenvalue weighted by Gasteiger charge is 2.52. The van der Waals surface area contributed by atoms with Gasteiger partial charge in [-0.05, 0) is 91.6 Å². The molecule has 4 atom stereocenters. The molecule has 0 unspecified atom stereocenters. The first kappa shape index (κ1) is 46.1. The second kappa shape index (κ2) is 17.2. The summed E-state index contributed by atoms with van der Waals surface area (Å²) in [7, 11) is 0. The average molecular weight is 850 g/mol. The highest BCUT2D eigenvalue weighted by atomic mass is 35.5. The Morgan fingerprint density at radius 3 is 1.46 bits per heavy atom. The molecule has 2 heterocycles. The molecule has 0 aliphatic carbocycles. The fourth-order valence-electron chi connectivity index (χ4n) is 8.69. The third-order valence-corrected chi connectivity index (χ3v) is 13.5. The molecule has 3 aromatic carbocycles. The summed E-state index contributed by atoms with van der Waals surface area (Å²) in [6.45, 7) is 20.0. The lowest BCUT2D eigenvalue weighted by molar-refractivity contribution is -0.157. The normalized spacial score (nSPS) is 22.8. The second-order valence-electron chi connectivity index (χ2n) is 19.1. The lowest BCUT2D eigenvalue weighted by Crippen LogP contribution is -2.61. The van der Waals surface area contributed by atoms with Crippen LogP contribution in [0.25, 0.3) is 0 Å². The summed E-state index contributed by atoms with van der Waals surface area (Å²) in [5.41, 5.74) is -2.56. The molecule has 12 heteroatoms. The summed E-state index contributed by atoms with van der Waals surface area (Å²) >= 11 is 12.2. The summed E-state index contributed by atoms with van der Waals surface area (Å²) in [6, 6.07) is 19.4. The van der Waals surface area contributed by atoms with Gasteiger partial charge in [-0.2, -0.15) is 0 Å². The van der Waals surface area contributed by atoms with Crippen LogP contribution < -0.4 is 10.6 Å². The van der Waals surface area contributed by atoms with Crippen molar-refractivity contribution in [2.24, 2.45) is 22.7 Å². The van der Waals surface area contributed by atoms with Gasteiger partial charge in [0, 0.05) is 52.6 Å². The van der Waals surface area contributed by atoms with E-state index in [1.54, 1.807) is 72.2 Å². The number of likely N-dealkylation sites (tertiary alicyclic amines) is 2. The van der Waals surface area contributed by atoms with Crippen molar-refractivity contribution >= 4 is 46.8 Å². The molecule has 3 aromatic rings. The van der Waals surface area contributed by atoms with Crippen LogP contribution in [0.1, 0.15) is 109 Å². The topological polar surface area (TPSA) is 139 Å². The van der Waals surface area contributed by atoms with Gasteiger partial charge in [0.25, 0.3) is 5.91 Å². The van der Waals surface area contributed by atoms with Crippen LogP contribution in [-0.2, 0) is 31.0 Å². The van der Waals surface area contributed by atoms with E-state index in [4.69, 9.17) is 23.2 Å². The van der Waals surface area contributed by atoms with Gasteiger partial charge < -0.3 is 30.6 Å². The molecule has 59 heavy (non-hydrogen) atoms. The number of nitrogens with zero attached hydrogens (tertiary/aromatic N) is 2. The van der Waals surface area contributed by atoms with E-state index in [0.29, 0.717) is 41.5 Å². The number of halogens is 2. The summed E-state index contributed by atoms with van der Waals surface area (Å²) in [4.78, 5) is 59.7. The average Bonchev–Trinajstić information content (AvgIpc) is 3.17. The number of amides is 4. The first-order valence-corrected chi connectivity index (χ1v) is 21.4. The lowest BCUT2D eigenvalue weighted by atomic mass is 9.66. The zero-order chi connectivity index (χ0) is 43.9. The van der Waals surface area contributed by atoms with Gasteiger partial charge in [-0.3, -0.25) is 19.2 Å². The van der Waals surface area contributed by atoms with E-state index in [2.05, 4.69) is 10.6 Å². The molecule has 0 saturated carbocycles. The van der Waals surface area contributed by atoms with Gasteiger partial charge in [0.15, 0.2) is 0 Å². The van der Waals surface area contributed by atoms with E-state index in [1.807, 2.05) is 79.7 Å². The summed E-state index contributed by atoms with van der Waals surface area (Å²) in [5, 5.41) is 30.9. The molecule has 10 nitrogen and oxygen atoms in total. The van der Waals surface area contributed by atoms with Crippen molar-refractivity contribution in [2.75, 3.05) is 26.2 Å². The van der Waals surface area contributed by atoms with Crippen molar-refractivity contribution in [1.82, 2.24) is 20.4 Å². The van der Waals surface area contributed by atoms with Crippen LogP contribution in [0.3, 0.4) is 0 Å². The largest absolute Gasteiger partial charge is 0.384 e. The SMILES string of the molecule is CC(C)[C@@H](NC(=O)c1cccc(C(C)(C)C(=O)N[C@@H](C(=O)N2CC[C@](O)(c3ccc(Cl)cc3)C(C)(C)C2)C(C)C)c1)C(=O)N1CC[C@](O)(c2ccc(Cl)cc2)C(C)(C)C1. The van der Waals surface area contributed by atoms with Crippen LogP contribution >= 0.6 is 23.2 Å². The number of hydrogen-bond donors (Lipinski definition) is 4. The third-order valence-electron chi connectivity index (χ3n) is 13.0. The van der Waals surface area contributed by atoms with E-state index >= 15 is 0 Å². The minimum Gasteiger partial charge on any atom is -0.384 e. The van der Waals surface area contributed by atoms with Crippen molar-refractivity contribution in [3.63, 3.8) is 0 Å². The Morgan fingerprint density at radius 1 is 0.661 bits per heavy atom. The first-order valence-electron chi connectivity index (χ1n) is 20.6. The summed E-state index contributed by atoms with van der Waals surface area (Å²) < 4.78 is 0. The van der Waals surface area contributed by atoms with E-state index in [0.717, 1.165) is 11.1 Å². The number of nitrogens with one attached hydrogen (secondary N) is 2. The smallest absolute Gasteiger partial charge is 0.251 e. The summed E-state index contributed by atoms with van der Waals surface area (Å²) in [6.07, 6.45) is 0.637. The first-order chi connectivity index (χ1) is 27.3. The third kappa shape index (κ3) is 9.21. The van der Waals surface area contributed by atoms with Gasteiger partial charge in [-0.15, -0.1) is 0 Å². The zero-order valence-electron chi connectivity index (χ0n) is 36.2. The Labute approximate surface area is 360 Å². The minimum absolute atomic E-state index is 0.223. The maximum Gasteiger partial charge on any atom is 0.251 e. The molecule has 2 saturated heterocycles. The quantitative estimate of drug-likeness (QED) is 0.158. The zero-order valence-corrected chi connectivity index (χ0v) is 37.7. The monoisotopic (exact) mass is 848 g/mol. The highest BCUT2D eigenvalue weighted by Crippen LogP contribution is 2.47. The van der Waals surface area contributed by atoms with Crippen LogP contribution in [0.2, 0.25) is 10.0 Å². The molecular weight excluding hydrogens is 787 g/mol. The number of carbonyl (C=O) groups excluding carboxylic acids is 4. The minimum atomic E-state index is -1.18. The molecule has 0 aromatic heterocycles. The molecule has 0 radical (unpaired) electrons. The van der Waals surface area contributed by atoms with Crippen molar-refractivity contribution in [2.45, 2.75) is 111 Å².